The van der Waals surface area contributed by atoms with Crippen molar-refractivity contribution >= 4 is 40.7 Å². The first-order valence-corrected chi connectivity index (χ1v) is 11.3. The molecule has 0 spiro atoms. The quantitative estimate of drug-likeness (QED) is 0.664. The van der Waals surface area contributed by atoms with E-state index in [1.54, 1.807) is 4.90 Å². The average molecular weight is 459 g/mol. The Labute approximate surface area is 191 Å². The van der Waals surface area contributed by atoms with E-state index in [-0.39, 0.29) is 40.7 Å². The van der Waals surface area contributed by atoms with Gasteiger partial charge in [-0.3, -0.25) is 19.3 Å². The largest absolute Gasteiger partial charge is 0.440 e. The van der Waals surface area contributed by atoms with E-state index in [2.05, 4.69) is 15.5 Å². The molecule has 2 aromatic rings. The SMILES string of the molecule is CC(C(=O)Nc1ccc(N2CC(CNC(=O)c3ccc(Cl)o3)CC2=O)cc1)N1CCCC1. The summed E-state index contributed by atoms with van der Waals surface area (Å²) in [5, 5.41) is 5.90. The minimum atomic E-state index is -0.356. The fourth-order valence-corrected chi connectivity index (χ4v) is 4.34. The van der Waals surface area contributed by atoms with Crippen LogP contribution in [0.1, 0.15) is 36.7 Å². The van der Waals surface area contributed by atoms with Gasteiger partial charge in [-0.1, -0.05) is 0 Å². The molecule has 1 aromatic carbocycles. The molecule has 2 N–H and O–H groups in total. The van der Waals surface area contributed by atoms with Gasteiger partial charge >= 0.3 is 0 Å². The van der Waals surface area contributed by atoms with Crippen molar-refractivity contribution in [3.63, 3.8) is 0 Å². The van der Waals surface area contributed by atoms with Gasteiger partial charge < -0.3 is 20.0 Å². The summed E-state index contributed by atoms with van der Waals surface area (Å²) in [5.41, 5.74) is 1.48. The number of anilines is 2. The Bertz CT molecular complexity index is 984. The first-order valence-electron chi connectivity index (χ1n) is 10.9. The van der Waals surface area contributed by atoms with Crippen molar-refractivity contribution in [2.24, 2.45) is 5.92 Å². The molecule has 0 bridgehead atoms. The summed E-state index contributed by atoms with van der Waals surface area (Å²) in [6.45, 7) is 4.72. The van der Waals surface area contributed by atoms with E-state index in [0.717, 1.165) is 31.6 Å². The molecule has 0 saturated carbocycles. The lowest BCUT2D eigenvalue weighted by molar-refractivity contribution is -0.120. The number of nitrogens with zero attached hydrogens (tertiary/aromatic N) is 2. The van der Waals surface area contributed by atoms with Crippen molar-refractivity contribution in [1.82, 2.24) is 10.2 Å². The Balaban J connectivity index is 1.29. The van der Waals surface area contributed by atoms with Gasteiger partial charge in [0.05, 0.1) is 6.04 Å². The van der Waals surface area contributed by atoms with E-state index in [4.69, 9.17) is 16.0 Å². The number of nitrogens with one attached hydrogen (secondary N) is 2. The van der Waals surface area contributed by atoms with Crippen LogP contribution >= 0.6 is 11.6 Å². The maximum Gasteiger partial charge on any atom is 0.287 e. The fraction of sp³-hybridized carbons (Fsp3) is 0.435. The first kappa shape index (κ1) is 22.4. The highest BCUT2D eigenvalue weighted by Gasteiger charge is 2.31. The van der Waals surface area contributed by atoms with Gasteiger partial charge in [0.1, 0.15) is 0 Å². The van der Waals surface area contributed by atoms with Gasteiger partial charge in [-0.25, -0.2) is 0 Å². The topological polar surface area (TPSA) is 94.9 Å². The maximum absolute atomic E-state index is 12.5. The number of halogens is 1. The standard InChI is InChI=1S/C23H27ClN4O4/c1-15(27-10-2-3-11-27)22(30)26-17-4-6-18(7-5-17)28-14-16(12-21(28)29)13-25-23(31)19-8-9-20(24)32-19/h4-9,15-16H,2-3,10-14H2,1H3,(H,25,31)(H,26,30). The van der Waals surface area contributed by atoms with Crippen molar-refractivity contribution in [2.45, 2.75) is 32.2 Å². The van der Waals surface area contributed by atoms with Crippen molar-refractivity contribution in [1.29, 1.82) is 0 Å². The molecule has 2 aliphatic rings. The molecule has 2 aliphatic heterocycles. The summed E-state index contributed by atoms with van der Waals surface area (Å²) < 4.78 is 5.10. The molecule has 2 saturated heterocycles. The Kier molecular flexibility index (Phi) is 6.81. The van der Waals surface area contributed by atoms with Gasteiger partial charge in [0, 0.05) is 36.8 Å². The normalized spacial score (nSPS) is 19.9. The van der Waals surface area contributed by atoms with Crippen molar-refractivity contribution in [3.05, 3.63) is 47.4 Å². The Morgan fingerprint density at radius 1 is 1.16 bits per heavy atom. The molecule has 4 rings (SSSR count). The number of hydrogen-bond donors (Lipinski definition) is 2. The second-order valence-electron chi connectivity index (χ2n) is 8.34. The zero-order valence-corrected chi connectivity index (χ0v) is 18.7. The number of hydrogen-bond acceptors (Lipinski definition) is 5. The van der Waals surface area contributed by atoms with Crippen LogP contribution in [0.5, 0.6) is 0 Å². The average Bonchev–Trinajstić information content (AvgIpc) is 3.53. The van der Waals surface area contributed by atoms with Crippen LogP contribution in [0.4, 0.5) is 11.4 Å². The lowest BCUT2D eigenvalue weighted by atomic mass is 10.1. The summed E-state index contributed by atoms with van der Waals surface area (Å²) in [4.78, 5) is 41.0. The van der Waals surface area contributed by atoms with Gasteiger partial charge in [0.2, 0.25) is 11.8 Å². The van der Waals surface area contributed by atoms with Gasteiger partial charge in [-0.05, 0) is 80.9 Å². The third-order valence-corrected chi connectivity index (χ3v) is 6.27. The molecule has 2 atom stereocenters. The number of carbonyl (C=O) groups is 3. The second-order valence-corrected chi connectivity index (χ2v) is 8.72. The molecule has 8 nitrogen and oxygen atoms in total. The first-order chi connectivity index (χ1) is 15.4. The fourth-order valence-electron chi connectivity index (χ4n) is 4.19. The van der Waals surface area contributed by atoms with Crippen LogP contribution in [0, 0.1) is 5.92 Å². The number of likely N-dealkylation sites (tertiary alicyclic amines) is 1. The highest BCUT2D eigenvalue weighted by atomic mass is 35.5. The Morgan fingerprint density at radius 2 is 1.88 bits per heavy atom. The van der Waals surface area contributed by atoms with Crippen molar-refractivity contribution in [3.8, 4) is 0 Å². The van der Waals surface area contributed by atoms with E-state index in [9.17, 15) is 14.4 Å². The smallest absolute Gasteiger partial charge is 0.287 e. The predicted molar refractivity (Wildman–Crippen MR) is 122 cm³/mol. The second kappa shape index (κ2) is 9.75. The zero-order chi connectivity index (χ0) is 22.7. The predicted octanol–water partition coefficient (Wildman–Crippen LogP) is 3.14. The van der Waals surface area contributed by atoms with Crippen LogP contribution in [0.3, 0.4) is 0 Å². The third-order valence-electron chi connectivity index (χ3n) is 6.07. The van der Waals surface area contributed by atoms with E-state index in [0.29, 0.717) is 25.2 Å². The van der Waals surface area contributed by atoms with Gasteiger partial charge in [-0.2, -0.15) is 0 Å². The summed E-state index contributed by atoms with van der Waals surface area (Å²) in [5.74, 6) is -0.230. The van der Waals surface area contributed by atoms with Crippen LogP contribution in [-0.2, 0) is 9.59 Å². The van der Waals surface area contributed by atoms with E-state index < -0.39 is 0 Å². The molecule has 0 aliphatic carbocycles. The number of benzene rings is 1. The molecule has 2 unspecified atom stereocenters. The van der Waals surface area contributed by atoms with E-state index in [1.165, 1.54) is 12.1 Å². The van der Waals surface area contributed by atoms with E-state index >= 15 is 0 Å². The lowest BCUT2D eigenvalue weighted by Crippen LogP contribution is -2.40. The van der Waals surface area contributed by atoms with Gasteiger partial charge in [0.15, 0.2) is 11.0 Å². The minimum Gasteiger partial charge on any atom is -0.440 e. The summed E-state index contributed by atoms with van der Waals surface area (Å²) in [6.07, 6.45) is 2.63. The van der Waals surface area contributed by atoms with E-state index in [1.807, 2.05) is 31.2 Å². The number of rotatable bonds is 7. The molecule has 2 fully saturated rings. The number of carbonyl (C=O) groups excluding carboxylic acids is 3. The Hall–Kier alpha value is -2.84. The minimum absolute atomic E-state index is 0.00225. The molecule has 170 valence electrons. The molecular weight excluding hydrogens is 432 g/mol. The molecular formula is C23H27ClN4O4. The highest BCUT2D eigenvalue weighted by molar-refractivity contribution is 6.29. The molecule has 0 radical (unpaired) electrons. The van der Waals surface area contributed by atoms with Crippen LogP contribution in [-0.4, -0.2) is 54.8 Å². The molecule has 32 heavy (non-hydrogen) atoms. The summed E-state index contributed by atoms with van der Waals surface area (Å²) in [6, 6.07) is 10.2. The summed E-state index contributed by atoms with van der Waals surface area (Å²) in [7, 11) is 0. The van der Waals surface area contributed by atoms with Crippen LogP contribution in [0.25, 0.3) is 0 Å². The van der Waals surface area contributed by atoms with Crippen LogP contribution < -0.4 is 15.5 Å². The third kappa shape index (κ3) is 5.14. The number of furan rings is 1. The highest BCUT2D eigenvalue weighted by Crippen LogP contribution is 2.26. The number of amides is 3. The lowest BCUT2D eigenvalue weighted by Gasteiger charge is -2.23. The Morgan fingerprint density at radius 3 is 2.53 bits per heavy atom. The van der Waals surface area contributed by atoms with Crippen molar-refractivity contribution < 1.29 is 18.8 Å². The van der Waals surface area contributed by atoms with Gasteiger partial charge in [-0.15, -0.1) is 0 Å². The molecule has 3 amide bonds. The zero-order valence-electron chi connectivity index (χ0n) is 18.0. The van der Waals surface area contributed by atoms with Gasteiger partial charge in [0.25, 0.3) is 5.91 Å². The van der Waals surface area contributed by atoms with Crippen LogP contribution in [0.2, 0.25) is 5.22 Å². The van der Waals surface area contributed by atoms with Crippen molar-refractivity contribution in [2.75, 3.05) is 36.4 Å². The summed E-state index contributed by atoms with van der Waals surface area (Å²) >= 11 is 5.70. The molecule has 3 heterocycles. The van der Waals surface area contributed by atoms with Crippen LogP contribution in [0.15, 0.2) is 40.8 Å². The monoisotopic (exact) mass is 458 g/mol. The molecule has 1 aromatic heterocycles. The maximum atomic E-state index is 12.5. The molecule has 9 heteroatoms.